The Bertz CT molecular complexity index is 884. The fraction of sp³-hybridized carbons (Fsp3) is 0.316. The van der Waals surface area contributed by atoms with Crippen molar-refractivity contribution in [1.82, 2.24) is 9.38 Å². The molecule has 2 aromatic heterocycles. The van der Waals surface area contributed by atoms with Gasteiger partial charge in [-0.05, 0) is 37.1 Å². The van der Waals surface area contributed by atoms with Gasteiger partial charge in [-0.15, -0.1) is 0 Å². The molecule has 1 aliphatic carbocycles. The highest BCUT2D eigenvalue weighted by Gasteiger charge is 2.38. The van der Waals surface area contributed by atoms with Gasteiger partial charge in [0.25, 0.3) is 0 Å². The number of benzene rings is 1. The summed E-state index contributed by atoms with van der Waals surface area (Å²) in [5, 5.41) is 10.6. The molecule has 0 aliphatic heterocycles. The van der Waals surface area contributed by atoms with Gasteiger partial charge in [-0.2, -0.15) is 0 Å². The maximum Gasteiger partial charge on any atom is 0.180 e. The van der Waals surface area contributed by atoms with E-state index in [1.54, 1.807) is 0 Å². The molecule has 3 atom stereocenters. The molecule has 1 aromatic carbocycles. The van der Waals surface area contributed by atoms with Crippen LogP contribution < -0.4 is 4.74 Å². The number of nitrogens with zero attached hydrogens (tertiary/aromatic N) is 2. The van der Waals surface area contributed by atoms with Crippen molar-refractivity contribution in [2.45, 2.75) is 38.9 Å². The SMILES string of the molecule is Cc1nc2c(OC3c4ccccc4C(C)C3O)cccn2c1C. The van der Waals surface area contributed by atoms with E-state index in [9.17, 15) is 5.11 Å². The molecule has 0 radical (unpaired) electrons. The number of hydrogen-bond acceptors (Lipinski definition) is 3. The fourth-order valence-electron chi connectivity index (χ4n) is 3.45. The summed E-state index contributed by atoms with van der Waals surface area (Å²) in [4.78, 5) is 4.61. The zero-order valence-corrected chi connectivity index (χ0v) is 13.5. The molecule has 0 saturated heterocycles. The highest BCUT2D eigenvalue weighted by Crippen LogP contribution is 2.43. The molecule has 4 heteroatoms. The lowest BCUT2D eigenvalue weighted by Gasteiger charge is -2.20. The number of aliphatic hydroxyl groups is 1. The lowest BCUT2D eigenvalue weighted by atomic mass is 10.0. The van der Waals surface area contributed by atoms with E-state index < -0.39 is 6.10 Å². The van der Waals surface area contributed by atoms with Crippen LogP contribution in [0.3, 0.4) is 0 Å². The molecular weight excluding hydrogens is 288 g/mol. The molecule has 1 aliphatic rings. The van der Waals surface area contributed by atoms with Crippen LogP contribution in [0.25, 0.3) is 5.65 Å². The van der Waals surface area contributed by atoms with Crippen molar-refractivity contribution in [2.24, 2.45) is 0 Å². The van der Waals surface area contributed by atoms with Crippen LogP contribution in [0.15, 0.2) is 42.6 Å². The van der Waals surface area contributed by atoms with E-state index in [-0.39, 0.29) is 12.0 Å². The smallest absolute Gasteiger partial charge is 0.180 e. The predicted octanol–water partition coefficient (Wildman–Crippen LogP) is 3.55. The average Bonchev–Trinajstić information content (AvgIpc) is 2.99. The van der Waals surface area contributed by atoms with E-state index in [4.69, 9.17) is 4.74 Å². The van der Waals surface area contributed by atoms with E-state index in [1.165, 1.54) is 0 Å². The average molecular weight is 308 g/mol. The molecule has 3 aromatic rings. The third kappa shape index (κ3) is 2.05. The lowest BCUT2D eigenvalue weighted by molar-refractivity contribution is 0.0368. The Hall–Kier alpha value is -2.33. The summed E-state index contributed by atoms with van der Waals surface area (Å²) in [7, 11) is 0. The number of fused-ring (bicyclic) bond motifs is 2. The molecule has 118 valence electrons. The maximum absolute atomic E-state index is 10.6. The monoisotopic (exact) mass is 308 g/mol. The standard InChI is InChI=1S/C19H20N2O2/c1-11-14-7-4-5-8-15(14)18(17(11)22)23-16-9-6-10-21-13(3)12(2)20-19(16)21/h4-11,17-18,22H,1-3H3. The second-order valence-corrected chi connectivity index (χ2v) is 6.30. The van der Waals surface area contributed by atoms with Crippen molar-refractivity contribution in [1.29, 1.82) is 0 Å². The van der Waals surface area contributed by atoms with E-state index in [2.05, 4.69) is 11.1 Å². The van der Waals surface area contributed by atoms with Crippen molar-refractivity contribution in [3.05, 3.63) is 65.1 Å². The van der Waals surface area contributed by atoms with Gasteiger partial charge in [0.15, 0.2) is 17.5 Å². The van der Waals surface area contributed by atoms with Gasteiger partial charge >= 0.3 is 0 Å². The first kappa shape index (κ1) is 14.3. The Kier molecular flexibility index (Phi) is 3.16. The topological polar surface area (TPSA) is 46.8 Å². The van der Waals surface area contributed by atoms with Crippen molar-refractivity contribution in [3.8, 4) is 5.75 Å². The van der Waals surface area contributed by atoms with Gasteiger partial charge in [0.2, 0.25) is 0 Å². The molecule has 23 heavy (non-hydrogen) atoms. The van der Waals surface area contributed by atoms with Crippen LogP contribution in [-0.4, -0.2) is 20.6 Å². The van der Waals surface area contributed by atoms with Crippen molar-refractivity contribution < 1.29 is 9.84 Å². The van der Waals surface area contributed by atoms with Crippen LogP contribution in [0, 0.1) is 13.8 Å². The normalized spacial score (nSPS) is 23.2. The molecule has 0 spiro atoms. The Labute approximate surface area is 135 Å². The molecule has 0 fully saturated rings. The van der Waals surface area contributed by atoms with Gasteiger partial charge in [0.05, 0.1) is 5.69 Å². The highest BCUT2D eigenvalue weighted by molar-refractivity contribution is 5.56. The van der Waals surface area contributed by atoms with E-state index >= 15 is 0 Å². The Morgan fingerprint density at radius 2 is 1.83 bits per heavy atom. The summed E-state index contributed by atoms with van der Waals surface area (Å²) < 4.78 is 8.26. The molecule has 0 saturated carbocycles. The van der Waals surface area contributed by atoms with E-state index in [1.807, 2.05) is 61.7 Å². The van der Waals surface area contributed by atoms with Crippen LogP contribution in [-0.2, 0) is 0 Å². The number of hydrogen-bond donors (Lipinski definition) is 1. The summed E-state index contributed by atoms with van der Waals surface area (Å²) >= 11 is 0. The summed E-state index contributed by atoms with van der Waals surface area (Å²) in [5.74, 6) is 0.774. The predicted molar refractivity (Wildman–Crippen MR) is 88.9 cm³/mol. The zero-order chi connectivity index (χ0) is 16.1. The molecule has 0 bridgehead atoms. The first-order valence-corrected chi connectivity index (χ1v) is 7.95. The number of aryl methyl sites for hydroxylation is 2. The molecule has 1 N–H and O–H groups in total. The summed E-state index contributed by atoms with van der Waals surface area (Å²) in [6.07, 6.45) is 1.08. The van der Waals surface area contributed by atoms with Crippen LogP contribution in [0.4, 0.5) is 0 Å². The fourth-order valence-corrected chi connectivity index (χ4v) is 3.45. The van der Waals surface area contributed by atoms with Gasteiger partial charge in [-0.3, -0.25) is 0 Å². The number of ether oxygens (including phenoxy) is 1. The number of imidazole rings is 1. The van der Waals surface area contributed by atoms with Gasteiger partial charge in [0.1, 0.15) is 6.10 Å². The first-order chi connectivity index (χ1) is 11.1. The molecule has 0 amide bonds. The first-order valence-electron chi connectivity index (χ1n) is 7.95. The minimum atomic E-state index is -0.551. The molecular formula is C19H20N2O2. The quantitative estimate of drug-likeness (QED) is 0.787. The molecule has 2 heterocycles. The number of aromatic nitrogens is 2. The van der Waals surface area contributed by atoms with E-state index in [0.717, 1.165) is 28.2 Å². The number of aliphatic hydroxyl groups excluding tert-OH is 1. The van der Waals surface area contributed by atoms with Crippen LogP contribution >= 0.6 is 0 Å². The molecule has 4 rings (SSSR count). The second kappa shape index (κ2) is 5.10. The van der Waals surface area contributed by atoms with Crippen LogP contribution in [0.1, 0.15) is 41.5 Å². The summed E-state index contributed by atoms with van der Waals surface area (Å²) in [6.45, 7) is 6.08. The largest absolute Gasteiger partial charge is 0.479 e. The van der Waals surface area contributed by atoms with Crippen molar-refractivity contribution >= 4 is 5.65 Å². The minimum Gasteiger partial charge on any atom is -0.479 e. The third-order valence-electron chi connectivity index (χ3n) is 4.96. The Morgan fingerprint density at radius 1 is 1.09 bits per heavy atom. The van der Waals surface area contributed by atoms with Crippen molar-refractivity contribution in [3.63, 3.8) is 0 Å². The highest BCUT2D eigenvalue weighted by atomic mass is 16.5. The van der Waals surface area contributed by atoms with Gasteiger partial charge in [0, 0.05) is 17.8 Å². The van der Waals surface area contributed by atoms with Gasteiger partial charge in [-0.1, -0.05) is 31.2 Å². The maximum atomic E-state index is 10.6. The van der Waals surface area contributed by atoms with Crippen LogP contribution in [0.5, 0.6) is 5.75 Å². The number of rotatable bonds is 2. The van der Waals surface area contributed by atoms with Crippen LogP contribution in [0.2, 0.25) is 0 Å². The summed E-state index contributed by atoms with van der Waals surface area (Å²) in [5.41, 5.74) is 5.11. The second-order valence-electron chi connectivity index (χ2n) is 6.30. The van der Waals surface area contributed by atoms with Gasteiger partial charge < -0.3 is 14.2 Å². The third-order valence-corrected chi connectivity index (χ3v) is 4.96. The molecule has 3 unspecified atom stereocenters. The Balaban J connectivity index is 1.78. The van der Waals surface area contributed by atoms with E-state index in [0.29, 0.717) is 5.75 Å². The zero-order valence-electron chi connectivity index (χ0n) is 13.5. The Morgan fingerprint density at radius 3 is 2.61 bits per heavy atom. The minimum absolute atomic E-state index is 0.0687. The van der Waals surface area contributed by atoms with Gasteiger partial charge in [-0.25, -0.2) is 4.98 Å². The molecule has 4 nitrogen and oxygen atoms in total. The van der Waals surface area contributed by atoms with Crippen molar-refractivity contribution in [2.75, 3.05) is 0 Å². The lowest BCUT2D eigenvalue weighted by Crippen LogP contribution is -2.21. The summed E-state index contributed by atoms with van der Waals surface area (Å²) in [6, 6.07) is 12.0. The number of pyridine rings is 1.